The largest absolute Gasteiger partial charge is 0.477 e. The summed E-state index contributed by atoms with van der Waals surface area (Å²) < 4.78 is 13.0. The van der Waals surface area contributed by atoms with Crippen LogP contribution in [-0.2, 0) is 0 Å². The van der Waals surface area contributed by atoms with Crippen LogP contribution in [0.1, 0.15) is 20.0 Å². The van der Waals surface area contributed by atoms with Crippen LogP contribution in [0.3, 0.4) is 0 Å². The molecule has 2 rings (SSSR count). The number of hydrogen-bond acceptors (Lipinski definition) is 5. The summed E-state index contributed by atoms with van der Waals surface area (Å²) in [6, 6.07) is 5.22. The lowest BCUT2D eigenvalue weighted by Crippen LogP contribution is -2.13. The Bertz CT molecular complexity index is 743. The van der Waals surface area contributed by atoms with E-state index in [-0.39, 0.29) is 15.4 Å². The molecule has 2 aromatic rings. The van der Waals surface area contributed by atoms with E-state index in [2.05, 4.69) is 5.32 Å². The maximum Gasteiger partial charge on any atom is 0.345 e. The molecule has 0 unspecified atom stereocenters. The molecule has 2 N–H and O–H groups in total. The van der Waals surface area contributed by atoms with E-state index in [4.69, 9.17) is 5.11 Å². The minimum Gasteiger partial charge on any atom is -0.477 e. The number of aromatic carboxylic acids is 1. The molecule has 1 amide bonds. The number of nitrogens with one attached hydrogen (secondary N) is 1. The Labute approximate surface area is 120 Å². The number of carbonyl (C=O) groups excluding carboxylic acids is 1. The number of nitro benzene ring substituents is 1. The van der Waals surface area contributed by atoms with E-state index in [1.807, 2.05) is 0 Å². The van der Waals surface area contributed by atoms with Crippen LogP contribution in [0.4, 0.5) is 15.1 Å². The Morgan fingerprint density at radius 1 is 1.29 bits per heavy atom. The number of carbonyl (C=O) groups is 2. The first-order valence-corrected chi connectivity index (χ1v) is 6.28. The third kappa shape index (κ3) is 3.20. The summed E-state index contributed by atoms with van der Waals surface area (Å²) in [5.74, 6) is -2.80. The molecular formula is C12H7FN2O5S. The van der Waals surface area contributed by atoms with Gasteiger partial charge in [-0.05, 0) is 24.3 Å². The van der Waals surface area contributed by atoms with Crippen LogP contribution in [0.2, 0.25) is 0 Å². The normalized spacial score (nSPS) is 10.1. The summed E-state index contributed by atoms with van der Waals surface area (Å²) in [6.45, 7) is 0. The number of halogens is 1. The van der Waals surface area contributed by atoms with Gasteiger partial charge >= 0.3 is 5.97 Å². The van der Waals surface area contributed by atoms with Crippen LogP contribution in [-0.4, -0.2) is 21.9 Å². The minimum absolute atomic E-state index is 0.0129. The molecule has 0 spiro atoms. The van der Waals surface area contributed by atoms with Gasteiger partial charge in [0.1, 0.15) is 16.3 Å². The highest BCUT2D eigenvalue weighted by molar-refractivity contribution is 7.18. The highest BCUT2D eigenvalue weighted by atomic mass is 32.1. The van der Waals surface area contributed by atoms with Crippen molar-refractivity contribution >= 4 is 33.9 Å². The van der Waals surface area contributed by atoms with Crippen LogP contribution < -0.4 is 5.32 Å². The average molecular weight is 310 g/mol. The predicted molar refractivity (Wildman–Crippen MR) is 72.3 cm³/mol. The van der Waals surface area contributed by atoms with E-state index in [0.29, 0.717) is 6.07 Å². The lowest BCUT2D eigenvalue weighted by atomic mass is 10.1. The van der Waals surface area contributed by atoms with E-state index in [0.717, 1.165) is 23.5 Å². The smallest absolute Gasteiger partial charge is 0.345 e. The number of hydrogen-bond donors (Lipinski definition) is 2. The van der Waals surface area contributed by atoms with Gasteiger partial charge in [0.15, 0.2) is 0 Å². The summed E-state index contributed by atoms with van der Waals surface area (Å²) in [6.07, 6.45) is 0. The highest BCUT2D eigenvalue weighted by Crippen LogP contribution is 2.25. The van der Waals surface area contributed by atoms with Crippen molar-refractivity contribution in [1.29, 1.82) is 0 Å². The van der Waals surface area contributed by atoms with Crippen LogP contribution in [0, 0.1) is 15.9 Å². The maximum absolute atomic E-state index is 13.0. The van der Waals surface area contributed by atoms with Gasteiger partial charge in [-0.1, -0.05) is 0 Å². The molecular weight excluding hydrogens is 303 g/mol. The van der Waals surface area contributed by atoms with E-state index in [1.165, 1.54) is 12.1 Å². The fourth-order valence-electron chi connectivity index (χ4n) is 1.55. The number of carboxylic acids is 1. The summed E-state index contributed by atoms with van der Waals surface area (Å²) in [4.78, 5) is 32.6. The topological polar surface area (TPSA) is 110 Å². The lowest BCUT2D eigenvalue weighted by molar-refractivity contribution is -0.385. The number of rotatable bonds is 4. The quantitative estimate of drug-likeness (QED) is 0.666. The molecule has 0 bridgehead atoms. The monoisotopic (exact) mass is 310 g/mol. The zero-order valence-corrected chi connectivity index (χ0v) is 11.0. The first-order chi connectivity index (χ1) is 9.88. The molecule has 1 aromatic heterocycles. The van der Waals surface area contributed by atoms with Gasteiger partial charge in [0.25, 0.3) is 11.6 Å². The zero-order chi connectivity index (χ0) is 15.6. The van der Waals surface area contributed by atoms with E-state index in [1.54, 1.807) is 0 Å². The van der Waals surface area contributed by atoms with Gasteiger partial charge in [0.05, 0.1) is 16.0 Å². The van der Waals surface area contributed by atoms with Crippen molar-refractivity contribution < 1.29 is 24.0 Å². The summed E-state index contributed by atoms with van der Waals surface area (Å²) in [7, 11) is 0. The fraction of sp³-hybridized carbons (Fsp3) is 0. The number of nitro groups is 1. The Hall–Kier alpha value is -2.81. The number of thiophene rings is 1. The molecule has 7 nitrogen and oxygen atoms in total. The van der Waals surface area contributed by atoms with Crippen LogP contribution in [0.25, 0.3) is 0 Å². The zero-order valence-electron chi connectivity index (χ0n) is 10.2. The Morgan fingerprint density at radius 3 is 2.57 bits per heavy atom. The van der Waals surface area contributed by atoms with E-state index >= 15 is 0 Å². The molecule has 1 heterocycles. The molecule has 21 heavy (non-hydrogen) atoms. The van der Waals surface area contributed by atoms with Crippen LogP contribution >= 0.6 is 11.3 Å². The second-order valence-electron chi connectivity index (χ2n) is 3.84. The Kier molecular flexibility index (Phi) is 3.94. The van der Waals surface area contributed by atoms with Crippen molar-refractivity contribution in [2.24, 2.45) is 0 Å². The van der Waals surface area contributed by atoms with Gasteiger partial charge in [0.2, 0.25) is 0 Å². The number of benzene rings is 1. The molecule has 0 aliphatic heterocycles. The Morgan fingerprint density at radius 2 is 2.00 bits per heavy atom. The van der Waals surface area contributed by atoms with Crippen LogP contribution in [0.5, 0.6) is 0 Å². The molecule has 0 radical (unpaired) electrons. The second kappa shape index (κ2) is 5.67. The fourth-order valence-corrected chi connectivity index (χ4v) is 2.29. The van der Waals surface area contributed by atoms with Gasteiger partial charge in [-0.25, -0.2) is 9.18 Å². The third-order valence-corrected chi connectivity index (χ3v) is 3.44. The second-order valence-corrected chi connectivity index (χ2v) is 4.93. The first-order valence-electron chi connectivity index (χ1n) is 5.47. The van der Waals surface area contributed by atoms with Crippen molar-refractivity contribution in [1.82, 2.24) is 0 Å². The maximum atomic E-state index is 13.0. The van der Waals surface area contributed by atoms with Crippen molar-refractivity contribution in [3.63, 3.8) is 0 Å². The van der Waals surface area contributed by atoms with Gasteiger partial charge in [-0.15, -0.1) is 11.3 Å². The average Bonchev–Trinajstić information content (AvgIpc) is 2.87. The molecule has 1 aromatic carbocycles. The summed E-state index contributed by atoms with van der Waals surface area (Å²) in [5, 5.41) is 22.1. The van der Waals surface area contributed by atoms with E-state index in [9.17, 15) is 24.1 Å². The number of amides is 1. The molecule has 0 fully saturated rings. The number of carboxylic acid groups (broad SMARTS) is 1. The van der Waals surface area contributed by atoms with Crippen molar-refractivity contribution in [2.45, 2.75) is 0 Å². The molecule has 0 saturated heterocycles. The number of anilines is 1. The van der Waals surface area contributed by atoms with E-state index < -0.39 is 28.3 Å². The molecule has 108 valence electrons. The molecule has 9 heteroatoms. The molecule has 0 saturated carbocycles. The van der Waals surface area contributed by atoms with Crippen LogP contribution in [0.15, 0.2) is 30.3 Å². The number of nitrogens with zero attached hydrogens (tertiary/aromatic N) is 1. The summed E-state index contributed by atoms with van der Waals surface area (Å²) in [5.41, 5.74) is -0.978. The van der Waals surface area contributed by atoms with Crippen molar-refractivity contribution in [3.05, 3.63) is 56.7 Å². The van der Waals surface area contributed by atoms with Gasteiger partial charge in [-0.3, -0.25) is 14.9 Å². The highest BCUT2D eigenvalue weighted by Gasteiger charge is 2.21. The van der Waals surface area contributed by atoms with Gasteiger partial charge < -0.3 is 10.4 Å². The van der Waals surface area contributed by atoms with Gasteiger partial charge in [0, 0.05) is 0 Å². The third-order valence-electron chi connectivity index (χ3n) is 2.45. The molecule has 0 atom stereocenters. The lowest BCUT2D eigenvalue weighted by Gasteiger charge is -2.03. The molecule has 0 aliphatic carbocycles. The standard InChI is InChI=1S/C12H7FN2O5S/c13-6-1-2-7(8(5-6)15(19)20)11(16)14-10-4-3-9(21-10)12(17)18/h1-5H,(H,14,16)(H,17,18). The Balaban J connectivity index is 2.27. The minimum atomic E-state index is -1.15. The van der Waals surface area contributed by atoms with Gasteiger partial charge in [-0.2, -0.15) is 0 Å². The van der Waals surface area contributed by atoms with Crippen molar-refractivity contribution in [3.8, 4) is 0 Å². The SMILES string of the molecule is O=C(O)c1ccc(NC(=O)c2ccc(F)cc2[N+](=O)[O-])s1. The van der Waals surface area contributed by atoms with Crippen molar-refractivity contribution in [2.75, 3.05) is 5.32 Å². The molecule has 0 aliphatic rings. The summed E-state index contributed by atoms with van der Waals surface area (Å²) >= 11 is 0.806. The predicted octanol–water partition coefficient (Wildman–Crippen LogP) is 2.75. The first kappa shape index (κ1) is 14.6.